The van der Waals surface area contributed by atoms with Gasteiger partial charge in [0.2, 0.25) is 0 Å². The summed E-state index contributed by atoms with van der Waals surface area (Å²) in [5, 5.41) is 0.622. The van der Waals surface area contributed by atoms with Gasteiger partial charge in [0, 0.05) is 0 Å². The Labute approximate surface area is 260 Å². The largest absolute Gasteiger partial charge is 0.377 e. The van der Waals surface area contributed by atoms with Crippen LogP contribution in [0.25, 0.3) is 6.08 Å². The Bertz CT molecular complexity index is 1720. The molecule has 10 heteroatoms. The molecule has 0 saturated carbocycles. The van der Waals surface area contributed by atoms with E-state index >= 15 is 0 Å². The number of thioether (sulfide) groups is 1. The van der Waals surface area contributed by atoms with Gasteiger partial charge in [0.25, 0.3) is 5.91 Å². The molecule has 0 spiro atoms. The highest BCUT2D eigenvalue weighted by Crippen LogP contribution is 2.39. The average molecular weight is 712 g/mol. The zero-order chi connectivity index (χ0) is 29.0. The van der Waals surface area contributed by atoms with E-state index in [1.165, 1.54) is 23.9 Å². The van der Waals surface area contributed by atoms with E-state index in [2.05, 4.69) is 31.9 Å². The molecule has 6 nitrogen and oxygen atoms in total. The van der Waals surface area contributed by atoms with Gasteiger partial charge in [0.05, 0.1) is 26.9 Å². The fraction of sp³-hybridized carbons (Fsp3) is 0.0968. The number of benzene rings is 4. The minimum absolute atomic E-state index is 0.0573. The molecule has 41 heavy (non-hydrogen) atoms. The second-order valence-electron chi connectivity index (χ2n) is 9.24. The quantitative estimate of drug-likeness (QED) is 0.137. The molecule has 4 aromatic carbocycles. The fourth-order valence-electron chi connectivity index (χ4n) is 4.03. The van der Waals surface area contributed by atoms with Crippen LogP contribution < -0.4 is 4.18 Å². The highest BCUT2D eigenvalue weighted by molar-refractivity contribution is 9.11. The zero-order valence-electron chi connectivity index (χ0n) is 21.8. The van der Waals surface area contributed by atoms with Crippen molar-refractivity contribution in [3.05, 3.63) is 133 Å². The number of amides is 1. The Morgan fingerprint density at radius 1 is 0.878 bits per heavy atom. The Hall–Kier alpha value is -3.18. The molecule has 0 aromatic heterocycles. The molecule has 0 aliphatic carbocycles. The Kier molecular flexibility index (Phi) is 9.13. The second-order valence-corrected chi connectivity index (χ2v) is 13.5. The zero-order valence-corrected chi connectivity index (χ0v) is 26.6. The van der Waals surface area contributed by atoms with E-state index in [-0.39, 0.29) is 16.6 Å². The molecule has 0 N–H and O–H groups in total. The van der Waals surface area contributed by atoms with E-state index in [1.807, 2.05) is 67.6 Å². The van der Waals surface area contributed by atoms with E-state index < -0.39 is 10.1 Å². The fourth-order valence-corrected chi connectivity index (χ4v) is 7.57. The number of amidine groups is 1. The van der Waals surface area contributed by atoms with Crippen LogP contribution in [-0.4, -0.2) is 24.4 Å². The lowest BCUT2D eigenvalue weighted by molar-refractivity contribution is -0.122. The predicted molar refractivity (Wildman–Crippen MR) is 171 cm³/mol. The molecule has 1 aliphatic heterocycles. The monoisotopic (exact) mass is 710 g/mol. The van der Waals surface area contributed by atoms with Gasteiger partial charge in [-0.15, -0.1) is 0 Å². The molecule has 0 bridgehead atoms. The number of rotatable bonds is 8. The van der Waals surface area contributed by atoms with Gasteiger partial charge < -0.3 is 4.18 Å². The van der Waals surface area contributed by atoms with Gasteiger partial charge in [0.15, 0.2) is 10.9 Å². The van der Waals surface area contributed by atoms with Crippen molar-refractivity contribution >= 4 is 70.9 Å². The van der Waals surface area contributed by atoms with Gasteiger partial charge in [0.1, 0.15) is 4.90 Å². The number of carbonyl (C=O) groups is 1. The van der Waals surface area contributed by atoms with Crippen molar-refractivity contribution in [1.82, 2.24) is 4.90 Å². The predicted octanol–water partition coefficient (Wildman–Crippen LogP) is 7.96. The summed E-state index contributed by atoms with van der Waals surface area (Å²) in [6.07, 6.45) is 1.77. The molecule has 1 fully saturated rings. The molecular weight excluding hydrogens is 688 g/mol. The van der Waals surface area contributed by atoms with E-state index in [0.717, 1.165) is 16.7 Å². The number of hydrogen-bond acceptors (Lipinski definition) is 6. The summed E-state index contributed by atoms with van der Waals surface area (Å²) in [7, 11) is -4.05. The van der Waals surface area contributed by atoms with Crippen molar-refractivity contribution in [1.29, 1.82) is 0 Å². The third kappa shape index (κ3) is 7.19. The molecule has 1 aliphatic rings. The van der Waals surface area contributed by atoms with Crippen LogP contribution in [-0.2, 0) is 28.0 Å². The second kappa shape index (κ2) is 12.8. The maximum Gasteiger partial charge on any atom is 0.339 e. The third-order valence-electron chi connectivity index (χ3n) is 6.13. The summed E-state index contributed by atoms with van der Waals surface area (Å²) in [5.41, 5.74) is 3.67. The molecular formula is C31H24Br2N2O4S2. The van der Waals surface area contributed by atoms with Crippen LogP contribution >= 0.6 is 43.6 Å². The first-order valence-electron chi connectivity index (χ1n) is 12.5. The van der Waals surface area contributed by atoms with Gasteiger partial charge >= 0.3 is 10.1 Å². The van der Waals surface area contributed by atoms with Crippen LogP contribution in [0.5, 0.6) is 5.75 Å². The standard InChI is InChI=1S/C31H24Br2N2O4S2/c1-21-12-14-25(15-13-21)41(37,38)39-29-26(32)16-24(17-27(29)33)18-28-30(36)35(20-23-10-6-3-7-11-23)31(40-28)34-19-22-8-4-2-5-9-22/h2-18H,19-20H2,1H3/b28-18+,34-31?. The number of aliphatic imine (C=N–C) groups is 1. The molecule has 4 aromatic rings. The van der Waals surface area contributed by atoms with Crippen LogP contribution in [0.1, 0.15) is 22.3 Å². The van der Waals surface area contributed by atoms with Crippen molar-refractivity contribution < 1.29 is 17.4 Å². The highest BCUT2D eigenvalue weighted by Gasteiger charge is 2.33. The number of carbonyl (C=O) groups excluding carboxylic acids is 1. The SMILES string of the molecule is Cc1ccc(S(=O)(=O)Oc2c(Br)cc(/C=C3/SC(=NCc4ccccc4)N(Cc4ccccc4)C3=O)cc2Br)cc1. The van der Waals surface area contributed by atoms with Crippen LogP contribution in [0.2, 0.25) is 0 Å². The Morgan fingerprint density at radius 3 is 2.07 bits per heavy atom. The van der Waals surface area contributed by atoms with Crippen molar-refractivity contribution in [3.8, 4) is 5.75 Å². The molecule has 208 valence electrons. The van der Waals surface area contributed by atoms with Gasteiger partial charge in [-0.25, -0.2) is 0 Å². The van der Waals surface area contributed by atoms with Gasteiger partial charge in [-0.3, -0.25) is 14.7 Å². The lowest BCUT2D eigenvalue weighted by atomic mass is 10.2. The summed E-state index contributed by atoms with van der Waals surface area (Å²) >= 11 is 8.20. The van der Waals surface area contributed by atoms with Crippen molar-refractivity contribution in [2.75, 3.05) is 0 Å². The lowest BCUT2D eigenvalue weighted by Gasteiger charge is -2.15. The minimum atomic E-state index is -4.05. The minimum Gasteiger partial charge on any atom is -0.377 e. The molecule has 1 saturated heterocycles. The number of aryl methyl sites for hydroxylation is 1. The van der Waals surface area contributed by atoms with E-state index in [0.29, 0.717) is 37.7 Å². The molecule has 5 rings (SSSR count). The summed E-state index contributed by atoms with van der Waals surface area (Å²) in [5.74, 6) is -0.0332. The maximum absolute atomic E-state index is 13.6. The van der Waals surface area contributed by atoms with Crippen LogP contribution in [0.15, 0.2) is 121 Å². The summed E-state index contributed by atoms with van der Waals surface area (Å²) < 4.78 is 32.0. The van der Waals surface area contributed by atoms with Crippen LogP contribution in [0.3, 0.4) is 0 Å². The summed E-state index contributed by atoms with van der Waals surface area (Å²) in [4.78, 5) is 20.6. The number of hydrogen-bond donors (Lipinski definition) is 0. The first kappa shape index (κ1) is 29.3. The van der Waals surface area contributed by atoms with Crippen molar-refractivity contribution in [2.45, 2.75) is 24.9 Å². The molecule has 1 amide bonds. The topological polar surface area (TPSA) is 76.0 Å². The highest BCUT2D eigenvalue weighted by atomic mass is 79.9. The maximum atomic E-state index is 13.6. The molecule has 1 heterocycles. The third-order valence-corrected chi connectivity index (χ3v) is 9.59. The van der Waals surface area contributed by atoms with Crippen molar-refractivity contribution in [3.63, 3.8) is 0 Å². The Balaban J connectivity index is 1.42. The molecule has 0 unspecified atom stereocenters. The van der Waals surface area contributed by atoms with Gasteiger partial charge in [-0.05, 0) is 97.6 Å². The van der Waals surface area contributed by atoms with Crippen LogP contribution in [0, 0.1) is 6.92 Å². The first-order valence-corrected chi connectivity index (χ1v) is 16.3. The number of nitrogens with zero attached hydrogens (tertiary/aromatic N) is 2. The lowest BCUT2D eigenvalue weighted by Crippen LogP contribution is -2.28. The molecule has 0 radical (unpaired) electrons. The Morgan fingerprint density at radius 2 is 1.46 bits per heavy atom. The van der Waals surface area contributed by atoms with E-state index in [4.69, 9.17) is 9.18 Å². The van der Waals surface area contributed by atoms with E-state index in [1.54, 1.807) is 35.2 Å². The van der Waals surface area contributed by atoms with E-state index in [9.17, 15) is 13.2 Å². The van der Waals surface area contributed by atoms with Gasteiger partial charge in [-0.1, -0.05) is 78.4 Å². The van der Waals surface area contributed by atoms with Crippen LogP contribution in [0.4, 0.5) is 0 Å². The number of halogens is 2. The average Bonchev–Trinajstić information content (AvgIpc) is 3.24. The summed E-state index contributed by atoms with van der Waals surface area (Å²) in [6, 6.07) is 29.5. The molecule has 0 atom stereocenters. The van der Waals surface area contributed by atoms with Gasteiger partial charge in [-0.2, -0.15) is 8.42 Å². The van der Waals surface area contributed by atoms with Crippen molar-refractivity contribution in [2.24, 2.45) is 4.99 Å². The normalized spacial score (nSPS) is 15.6. The summed E-state index contributed by atoms with van der Waals surface area (Å²) in [6.45, 7) is 2.73. The smallest absolute Gasteiger partial charge is 0.339 e. The first-order chi connectivity index (χ1) is 19.7.